The summed E-state index contributed by atoms with van der Waals surface area (Å²) in [5.74, 6) is 2.28. The molecule has 0 fully saturated rings. The Labute approximate surface area is 149 Å². The Kier molecular flexibility index (Phi) is 4.19. The van der Waals surface area contributed by atoms with E-state index in [9.17, 15) is 13.2 Å². The van der Waals surface area contributed by atoms with Gasteiger partial charge in [0.1, 0.15) is 0 Å². The molecule has 1 aromatic carbocycles. The number of benzene rings is 1. The van der Waals surface area contributed by atoms with E-state index in [0.29, 0.717) is 33.8 Å². The number of fused-ring (bicyclic) bond motifs is 1. The zero-order valence-corrected chi connectivity index (χ0v) is 13.8. The quantitative estimate of drug-likeness (QED) is 0.628. The van der Waals surface area contributed by atoms with Crippen LogP contribution in [0.25, 0.3) is 11.4 Å². The van der Waals surface area contributed by atoms with Gasteiger partial charge in [-0.1, -0.05) is 16.9 Å². The highest BCUT2D eigenvalue weighted by Crippen LogP contribution is 2.35. The van der Waals surface area contributed by atoms with Crippen molar-refractivity contribution in [2.45, 2.75) is 17.0 Å². The number of thioether (sulfide) groups is 1. The average Bonchev–Trinajstić information content (AvgIpc) is 3.28. The fraction of sp³-hybridized carbons (Fsp3) is 0.188. The molecule has 3 heterocycles. The standard InChI is InChI=1S/C16H10F3N3O3S/c17-16(18,19)10-2-4-14(20-6-10)26-7-13-21-15(22-25-13)9-1-3-11-12(5-9)24-8-23-11/h1-6H,7-8H2. The number of halogens is 3. The second kappa shape index (κ2) is 6.52. The maximum atomic E-state index is 12.5. The molecule has 0 atom stereocenters. The zero-order valence-electron chi connectivity index (χ0n) is 13.0. The third kappa shape index (κ3) is 3.45. The average molecular weight is 381 g/mol. The Morgan fingerprint density at radius 2 is 1.92 bits per heavy atom. The van der Waals surface area contributed by atoms with Crippen molar-refractivity contribution >= 4 is 11.8 Å². The van der Waals surface area contributed by atoms with Crippen molar-refractivity contribution in [3.8, 4) is 22.9 Å². The van der Waals surface area contributed by atoms with Crippen LogP contribution < -0.4 is 9.47 Å². The van der Waals surface area contributed by atoms with Crippen LogP contribution in [-0.4, -0.2) is 21.9 Å². The minimum atomic E-state index is -4.40. The number of alkyl halides is 3. The van der Waals surface area contributed by atoms with Gasteiger partial charge in [0.25, 0.3) is 0 Å². The number of rotatable bonds is 4. The Bertz CT molecular complexity index is 928. The van der Waals surface area contributed by atoms with Gasteiger partial charge in [-0.3, -0.25) is 0 Å². The maximum Gasteiger partial charge on any atom is 0.417 e. The molecule has 0 spiro atoms. The molecule has 0 N–H and O–H groups in total. The van der Waals surface area contributed by atoms with Gasteiger partial charge in [-0.25, -0.2) is 4.98 Å². The Balaban J connectivity index is 1.42. The Morgan fingerprint density at radius 1 is 1.08 bits per heavy atom. The molecule has 1 aliphatic heterocycles. The first-order chi connectivity index (χ1) is 12.5. The molecule has 0 saturated heterocycles. The molecule has 2 aromatic heterocycles. The van der Waals surface area contributed by atoms with Gasteiger partial charge >= 0.3 is 6.18 Å². The molecule has 10 heteroatoms. The smallest absolute Gasteiger partial charge is 0.417 e. The molecule has 0 bridgehead atoms. The van der Waals surface area contributed by atoms with E-state index in [0.717, 1.165) is 12.3 Å². The van der Waals surface area contributed by atoms with Crippen LogP contribution >= 0.6 is 11.8 Å². The summed E-state index contributed by atoms with van der Waals surface area (Å²) in [7, 11) is 0. The van der Waals surface area contributed by atoms with Crippen LogP contribution in [0.3, 0.4) is 0 Å². The van der Waals surface area contributed by atoms with Crippen molar-refractivity contribution in [3.05, 3.63) is 48.0 Å². The summed E-state index contributed by atoms with van der Waals surface area (Å²) in [6.45, 7) is 0.174. The molecule has 0 aliphatic carbocycles. The molecule has 3 aromatic rings. The number of pyridine rings is 1. The van der Waals surface area contributed by atoms with Gasteiger partial charge in [0.15, 0.2) is 11.5 Å². The minimum Gasteiger partial charge on any atom is -0.454 e. The predicted molar refractivity (Wildman–Crippen MR) is 84.7 cm³/mol. The van der Waals surface area contributed by atoms with E-state index in [4.69, 9.17) is 14.0 Å². The highest BCUT2D eigenvalue weighted by Gasteiger charge is 2.30. The van der Waals surface area contributed by atoms with Crippen LogP contribution in [-0.2, 0) is 11.9 Å². The van der Waals surface area contributed by atoms with Crippen molar-refractivity contribution < 1.29 is 27.2 Å². The SMILES string of the molecule is FC(F)(F)c1ccc(SCc2nc(-c3ccc4c(c3)OCO4)no2)nc1. The van der Waals surface area contributed by atoms with Crippen molar-refractivity contribution in [3.63, 3.8) is 0 Å². The Morgan fingerprint density at radius 3 is 2.69 bits per heavy atom. The molecule has 0 unspecified atom stereocenters. The lowest BCUT2D eigenvalue weighted by molar-refractivity contribution is -0.137. The molecule has 6 nitrogen and oxygen atoms in total. The summed E-state index contributed by atoms with van der Waals surface area (Å²) >= 11 is 1.20. The summed E-state index contributed by atoms with van der Waals surface area (Å²) in [6, 6.07) is 7.59. The summed E-state index contributed by atoms with van der Waals surface area (Å²) in [5.41, 5.74) is -0.0772. The first kappa shape index (κ1) is 16.7. The molecule has 1 aliphatic rings. The predicted octanol–water partition coefficient (Wildman–Crippen LogP) is 4.17. The zero-order chi connectivity index (χ0) is 18.1. The first-order valence-electron chi connectivity index (χ1n) is 7.38. The van der Waals surface area contributed by atoms with Gasteiger partial charge in [-0.05, 0) is 30.3 Å². The van der Waals surface area contributed by atoms with E-state index >= 15 is 0 Å². The van der Waals surface area contributed by atoms with Gasteiger partial charge in [-0.15, -0.1) is 0 Å². The van der Waals surface area contributed by atoms with Crippen molar-refractivity contribution in [1.82, 2.24) is 15.1 Å². The number of nitrogens with zero attached hydrogens (tertiary/aromatic N) is 3. The second-order valence-electron chi connectivity index (χ2n) is 5.25. The summed E-state index contributed by atoms with van der Waals surface area (Å²) in [5, 5.41) is 4.34. The summed E-state index contributed by atoms with van der Waals surface area (Å²) in [6.07, 6.45) is -3.60. The first-order valence-corrected chi connectivity index (χ1v) is 8.36. The van der Waals surface area contributed by atoms with Crippen molar-refractivity contribution in [1.29, 1.82) is 0 Å². The molecule has 0 amide bonds. The Hall–Kier alpha value is -2.75. The third-order valence-corrected chi connectivity index (χ3v) is 4.43. The largest absolute Gasteiger partial charge is 0.454 e. The highest BCUT2D eigenvalue weighted by molar-refractivity contribution is 7.98. The van der Waals surface area contributed by atoms with Crippen LogP contribution in [0.5, 0.6) is 11.5 Å². The molecule has 4 rings (SSSR count). The van der Waals surface area contributed by atoms with Crippen molar-refractivity contribution in [2.75, 3.05) is 6.79 Å². The van der Waals surface area contributed by atoms with Crippen LogP contribution in [0.4, 0.5) is 13.2 Å². The topological polar surface area (TPSA) is 70.3 Å². The van der Waals surface area contributed by atoms with Gasteiger partial charge < -0.3 is 14.0 Å². The van der Waals surface area contributed by atoms with Crippen molar-refractivity contribution in [2.24, 2.45) is 0 Å². The van der Waals surface area contributed by atoms with Gasteiger partial charge in [0.2, 0.25) is 18.5 Å². The van der Waals surface area contributed by atoms with E-state index in [1.54, 1.807) is 18.2 Å². The lowest BCUT2D eigenvalue weighted by Gasteiger charge is -2.05. The van der Waals surface area contributed by atoms with Gasteiger partial charge in [0.05, 0.1) is 16.3 Å². The van der Waals surface area contributed by atoms with Crippen LogP contribution in [0, 0.1) is 0 Å². The van der Waals surface area contributed by atoms with E-state index in [1.807, 2.05) is 0 Å². The maximum absolute atomic E-state index is 12.5. The molecule has 0 radical (unpaired) electrons. The number of hydrogen-bond acceptors (Lipinski definition) is 7. The third-order valence-electron chi connectivity index (χ3n) is 3.51. The second-order valence-corrected chi connectivity index (χ2v) is 6.25. The summed E-state index contributed by atoms with van der Waals surface area (Å²) in [4.78, 5) is 8.06. The van der Waals surface area contributed by atoms with E-state index in [1.165, 1.54) is 17.8 Å². The fourth-order valence-electron chi connectivity index (χ4n) is 2.24. The number of aromatic nitrogens is 3. The molecular formula is C16H10F3N3O3S. The van der Waals surface area contributed by atoms with Crippen LogP contribution in [0.15, 0.2) is 46.1 Å². The minimum absolute atomic E-state index is 0.174. The molecule has 134 valence electrons. The van der Waals surface area contributed by atoms with E-state index < -0.39 is 11.7 Å². The lowest BCUT2D eigenvalue weighted by Crippen LogP contribution is -2.05. The lowest BCUT2D eigenvalue weighted by atomic mass is 10.2. The summed E-state index contributed by atoms with van der Waals surface area (Å²) < 4.78 is 53.3. The monoisotopic (exact) mass is 381 g/mol. The van der Waals surface area contributed by atoms with E-state index in [2.05, 4.69) is 15.1 Å². The fourth-order valence-corrected chi connectivity index (χ4v) is 2.92. The van der Waals surface area contributed by atoms with Gasteiger partial charge in [0, 0.05) is 11.8 Å². The normalized spacial score (nSPS) is 13.2. The molecule has 26 heavy (non-hydrogen) atoms. The van der Waals surface area contributed by atoms with E-state index in [-0.39, 0.29) is 12.5 Å². The van der Waals surface area contributed by atoms with Crippen LogP contribution in [0.2, 0.25) is 0 Å². The number of ether oxygens (including phenoxy) is 2. The highest BCUT2D eigenvalue weighted by atomic mass is 32.2. The molecular weight excluding hydrogens is 371 g/mol. The van der Waals surface area contributed by atoms with Crippen LogP contribution in [0.1, 0.15) is 11.5 Å². The number of hydrogen-bond donors (Lipinski definition) is 0. The van der Waals surface area contributed by atoms with Gasteiger partial charge in [-0.2, -0.15) is 18.2 Å². The molecule has 0 saturated carbocycles.